The van der Waals surface area contributed by atoms with E-state index in [1.54, 1.807) is 0 Å². The lowest BCUT2D eigenvalue weighted by Gasteiger charge is -2.37. The molecule has 2 amide bonds. The Morgan fingerprint density at radius 1 is 1.19 bits per heavy atom. The number of carbonyl (C=O) groups excluding carboxylic acids is 3. The maximum atomic E-state index is 13.6. The highest BCUT2D eigenvalue weighted by molar-refractivity contribution is 7.99. The molecule has 0 spiro atoms. The van der Waals surface area contributed by atoms with Crippen LogP contribution in [0, 0.1) is 5.92 Å². The van der Waals surface area contributed by atoms with Crippen LogP contribution < -0.4 is 10.6 Å². The molecule has 1 saturated carbocycles. The van der Waals surface area contributed by atoms with E-state index in [-0.39, 0.29) is 42.5 Å². The summed E-state index contributed by atoms with van der Waals surface area (Å²) >= 11 is 2.90. The minimum Gasteiger partial charge on any atom is -0.408 e. The number of thiophene rings is 1. The smallest absolute Gasteiger partial charge is 0.286 e. The van der Waals surface area contributed by atoms with Gasteiger partial charge >= 0.3 is 0 Å². The van der Waals surface area contributed by atoms with Crippen LogP contribution in [0.25, 0.3) is 0 Å². The zero-order valence-corrected chi connectivity index (χ0v) is 24.4. The minimum atomic E-state index is -1.02. The van der Waals surface area contributed by atoms with Crippen molar-refractivity contribution in [3.8, 4) is 0 Å². The van der Waals surface area contributed by atoms with Gasteiger partial charge in [-0.3, -0.25) is 14.4 Å². The fourth-order valence-corrected chi connectivity index (χ4v) is 5.85. The number of halogens is 1. The van der Waals surface area contributed by atoms with E-state index in [0.29, 0.717) is 24.5 Å². The van der Waals surface area contributed by atoms with Crippen LogP contribution >= 0.6 is 35.5 Å². The van der Waals surface area contributed by atoms with Crippen LogP contribution in [-0.2, 0) is 16.0 Å². The molecule has 1 atom stereocenters. The number of rotatable bonds is 13. The molecular weight excluding hydrogens is 534 g/mol. The number of nitrogens with zero attached hydrogens (tertiary/aromatic N) is 3. The summed E-state index contributed by atoms with van der Waals surface area (Å²) in [7, 11) is 3.96. The fraction of sp³-hybridized carbons (Fsp3) is 0.640. The minimum absolute atomic E-state index is 0. The average Bonchev–Trinajstić information content (AvgIpc) is 3.50. The van der Waals surface area contributed by atoms with Crippen LogP contribution in [0.4, 0.5) is 0 Å². The highest BCUT2D eigenvalue weighted by Crippen LogP contribution is 2.29. The first-order valence-electron chi connectivity index (χ1n) is 12.5. The van der Waals surface area contributed by atoms with Crippen LogP contribution in [0.5, 0.6) is 0 Å². The Morgan fingerprint density at radius 2 is 1.92 bits per heavy atom. The topological polar surface area (TPSA) is 117 Å². The maximum absolute atomic E-state index is 13.6. The van der Waals surface area contributed by atoms with E-state index < -0.39 is 17.4 Å². The van der Waals surface area contributed by atoms with Gasteiger partial charge in [0.1, 0.15) is 5.54 Å². The van der Waals surface area contributed by atoms with E-state index in [1.807, 2.05) is 50.4 Å². The van der Waals surface area contributed by atoms with Gasteiger partial charge in [0.15, 0.2) is 0 Å². The third-order valence-corrected chi connectivity index (χ3v) is 7.82. The molecule has 1 aliphatic rings. The number of carbonyl (C=O) groups is 3. The molecule has 0 bridgehead atoms. The van der Waals surface area contributed by atoms with Crippen molar-refractivity contribution in [2.75, 3.05) is 26.4 Å². The standard InChI is InChI=1S/C25H37N5O4S2.ClH/c1-17(2)15-19(21(32)22-28-29-24(34-22)36-14-12-30(3)4)26-23(33)25(10-6-5-7-11-25)27-20(31)16-18-9-8-13-35-18;/h8-9,13,17,19H,5-7,10-12,14-16H2,1-4H3,(H,26,33)(H,27,31);1H. The summed E-state index contributed by atoms with van der Waals surface area (Å²) in [5.41, 5.74) is -1.02. The predicted octanol–water partition coefficient (Wildman–Crippen LogP) is 3.98. The zero-order valence-electron chi connectivity index (χ0n) is 22.0. The van der Waals surface area contributed by atoms with Crippen molar-refractivity contribution in [1.82, 2.24) is 25.7 Å². The number of hydrogen-bond donors (Lipinski definition) is 2. The molecule has 12 heteroatoms. The number of ketones is 1. The molecule has 1 aliphatic carbocycles. The number of hydrogen-bond acceptors (Lipinski definition) is 9. The van der Waals surface area contributed by atoms with Crippen LogP contribution in [0.3, 0.4) is 0 Å². The second-order valence-corrected chi connectivity index (χ2v) is 12.1. The molecule has 206 valence electrons. The molecule has 2 heterocycles. The lowest BCUT2D eigenvalue weighted by atomic mass is 9.80. The van der Waals surface area contributed by atoms with Crippen LogP contribution in [0.15, 0.2) is 27.2 Å². The highest BCUT2D eigenvalue weighted by Gasteiger charge is 2.42. The largest absolute Gasteiger partial charge is 0.408 e. The van der Waals surface area contributed by atoms with Crippen molar-refractivity contribution in [3.05, 3.63) is 28.3 Å². The summed E-state index contributed by atoms with van der Waals surface area (Å²) in [6.45, 7) is 4.81. The summed E-state index contributed by atoms with van der Waals surface area (Å²) in [6, 6.07) is 3.00. The normalized spacial score (nSPS) is 15.7. The third-order valence-electron chi connectivity index (χ3n) is 6.15. The van der Waals surface area contributed by atoms with Gasteiger partial charge in [-0.1, -0.05) is 50.9 Å². The Kier molecular flexibility index (Phi) is 12.5. The Labute approximate surface area is 233 Å². The van der Waals surface area contributed by atoms with Gasteiger partial charge < -0.3 is 20.0 Å². The molecular formula is C25H38ClN5O4S2. The SMILES string of the molecule is CC(C)CC(NC(=O)C1(NC(=O)Cc2cccs2)CCCCC1)C(=O)c1nnc(SCCN(C)C)o1.Cl. The first-order valence-corrected chi connectivity index (χ1v) is 14.3. The first kappa shape index (κ1) is 31.3. The lowest BCUT2D eigenvalue weighted by molar-refractivity contribution is -0.135. The molecule has 2 aromatic rings. The molecule has 37 heavy (non-hydrogen) atoms. The average molecular weight is 572 g/mol. The summed E-state index contributed by atoms with van der Waals surface area (Å²) in [6.07, 6.45) is 4.45. The predicted molar refractivity (Wildman–Crippen MR) is 149 cm³/mol. The van der Waals surface area contributed by atoms with Gasteiger partial charge in [0.25, 0.3) is 11.1 Å². The first-order chi connectivity index (χ1) is 17.2. The van der Waals surface area contributed by atoms with Crippen molar-refractivity contribution in [2.45, 2.75) is 75.6 Å². The summed E-state index contributed by atoms with van der Waals surface area (Å²) in [4.78, 5) is 42.8. The number of nitrogens with one attached hydrogen (secondary N) is 2. The number of amides is 2. The number of Topliss-reactive ketones (excluding diaryl/α,β-unsaturated/α-hetero) is 1. The quantitative estimate of drug-likeness (QED) is 0.274. The molecule has 9 nitrogen and oxygen atoms in total. The van der Waals surface area contributed by atoms with E-state index in [9.17, 15) is 14.4 Å². The van der Waals surface area contributed by atoms with Crippen LogP contribution in [0.1, 0.15) is 67.9 Å². The third kappa shape index (κ3) is 9.38. The van der Waals surface area contributed by atoms with Gasteiger partial charge in [-0.15, -0.1) is 33.9 Å². The van der Waals surface area contributed by atoms with Crippen molar-refractivity contribution in [2.24, 2.45) is 5.92 Å². The molecule has 2 N–H and O–H groups in total. The van der Waals surface area contributed by atoms with E-state index in [2.05, 4.69) is 20.8 Å². The van der Waals surface area contributed by atoms with Gasteiger partial charge in [0, 0.05) is 17.2 Å². The molecule has 1 fully saturated rings. The molecule has 1 unspecified atom stereocenters. The molecule has 0 aliphatic heterocycles. The Bertz CT molecular complexity index is 1010. The van der Waals surface area contributed by atoms with Gasteiger partial charge in [-0.25, -0.2) is 0 Å². The number of thioether (sulfide) groups is 1. The van der Waals surface area contributed by atoms with Gasteiger partial charge in [-0.2, -0.15) is 0 Å². The molecule has 2 aromatic heterocycles. The van der Waals surface area contributed by atoms with E-state index in [4.69, 9.17) is 4.42 Å². The Balaban J connectivity index is 0.00000481. The summed E-state index contributed by atoms with van der Waals surface area (Å²) in [5, 5.41) is 16.2. The number of aromatic nitrogens is 2. The fourth-order valence-electron chi connectivity index (χ4n) is 4.28. The zero-order chi connectivity index (χ0) is 26.1. The van der Waals surface area contributed by atoms with Crippen LogP contribution in [0.2, 0.25) is 0 Å². The second-order valence-electron chi connectivity index (χ2n) is 9.99. The van der Waals surface area contributed by atoms with Crippen molar-refractivity contribution < 1.29 is 18.8 Å². The Morgan fingerprint density at radius 3 is 2.54 bits per heavy atom. The molecule has 0 radical (unpaired) electrons. The molecule has 0 saturated heterocycles. The van der Waals surface area contributed by atoms with Crippen molar-refractivity contribution >= 4 is 53.1 Å². The van der Waals surface area contributed by atoms with Gasteiger partial charge in [0.05, 0.1) is 12.5 Å². The van der Waals surface area contributed by atoms with Crippen LogP contribution in [-0.4, -0.2) is 70.7 Å². The monoisotopic (exact) mass is 571 g/mol. The van der Waals surface area contributed by atoms with E-state index >= 15 is 0 Å². The van der Waals surface area contributed by atoms with Gasteiger partial charge in [-0.05, 0) is 50.7 Å². The van der Waals surface area contributed by atoms with E-state index in [1.165, 1.54) is 23.1 Å². The molecule has 0 aromatic carbocycles. The lowest BCUT2D eigenvalue weighted by Crippen LogP contribution is -2.62. The highest BCUT2D eigenvalue weighted by atomic mass is 35.5. The molecule has 3 rings (SSSR count). The van der Waals surface area contributed by atoms with E-state index in [0.717, 1.165) is 36.4 Å². The summed E-state index contributed by atoms with van der Waals surface area (Å²) in [5.74, 6) is -0.110. The van der Waals surface area contributed by atoms with Crippen molar-refractivity contribution in [1.29, 1.82) is 0 Å². The van der Waals surface area contributed by atoms with Crippen molar-refractivity contribution in [3.63, 3.8) is 0 Å². The Hall–Kier alpha value is -1.95. The summed E-state index contributed by atoms with van der Waals surface area (Å²) < 4.78 is 5.62. The second kappa shape index (κ2) is 14.8. The maximum Gasteiger partial charge on any atom is 0.286 e. The van der Waals surface area contributed by atoms with Gasteiger partial charge in [0.2, 0.25) is 17.6 Å².